The smallest absolute Gasteiger partial charge is 0.00227 e. The van der Waals surface area contributed by atoms with E-state index in [9.17, 15) is 0 Å². The first-order valence-corrected chi connectivity index (χ1v) is 2.60. The summed E-state index contributed by atoms with van der Waals surface area (Å²) in [5, 5.41) is 3.27. The van der Waals surface area contributed by atoms with Gasteiger partial charge in [0, 0.05) is 0 Å². The maximum Gasteiger partial charge on any atom is -0.00227 e. The molecule has 1 fully saturated rings. The molecule has 2 nitrogen and oxygen atoms in total. The van der Waals surface area contributed by atoms with Crippen molar-refractivity contribution in [1.82, 2.24) is 11.5 Å². The highest BCUT2D eigenvalue weighted by molar-refractivity contribution is 4.65. The van der Waals surface area contributed by atoms with E-state index in [2.05, 4.69) is 12.2 Å². The zero-order valence-corrected chi connectivity index (χ0v) is 4.91. The molecule has 1 heterocycles. The van der Waals surface area contributed by atoms with Gasteiger partial charge in [-0.25, -0.2) is 0 Å². The van der Waals surface area contributed by atoms with Crippen molar-refractivity contribution in [2.75, 3.05) is 13.1 Å². The van der Waals surface area contributed by atoms with Crippen LogP contribution in [-0.2, 0) is 0 Å². The Labute approximate surface area is 44.9 Å². The van der Waals surface area contributed by atoms with E-state index in [0.717, 1.165) is 5.92 Å². The Balaban J connectivity index is 0.000000360. The van der Waals surface area contributed by atoms with Crippen molar-refractivity contribution in [3.8, 4) is 0 Å². The molecular weight excluding hydrogens is 88.1 g/mol. The normalized spacial score (nSPS) is 29.6. The van der Waals surface area contributed by atoms with Gasteiger partial charge in [-0.3, -0.25) is 0 Å². The van der Waals surface area contributed by atoms with E-state index < -0.39 is 0 Å². The van der Waals surface area contributed by atoms with Crippen LogP contribution < -0.4 is 11.5 Å². The number of rotatable bonds is 0. The van der Waals surface area contributed by atoms with Gasteiger partial charge in [-0.2, -0.15) is 0 Å². The lowest BCUT2D eigenvalue weighted by Crippen LogP contribution is -2.06. The first kappa shape index (κ1) is 6.92. The zero-order chi connectivity index (χ0) is 4.41. The molecule has 0 amide bonds. The maximum atomic E-state index is 3.27. The van der Waals surface area contributed by atoms with Crippen molar-refractivity contribution in [3.05, 3.63) is 0 Å². The molecule has 0 spiro atoms. The molecule has 7 heavy (non-hydrogen) atoms. The summed E-state index contributed by atoms with van der Waals surface area (Å²) < 4.78 is 0. The predicted molar refractivity (Wildman–Crippen MR) is 31.7 cm³/mol. The molecule has 1 aliphatic heterocycles. The van der Waals surface area contributed by atoms with Gasteiger partial charge in [0.1, 0.15) is 0 Å². The molecule has 0 aromatic rings. The monoisotopic (exact) mass is 102 g/mol. The van der Waals surface area contributed by atoms with Crippen LogP contribution in [0.15, 0.2) is 0 Å². The summed E-state index contributed by atoms with van der Waals surface area (Å²) in [6.07, 6.45) is 1.38. The van der Waals surface area contributed by atoms with Crippen LogP contribution in [0, 0.1) is 5.92 Å². The summed E-state index contributed by atoms with van der Waals surface area (Å²) in [5.41, 5.74) is 0. The third-order valence-corrected chi connectivity index (χ3v) is 1.31. The lowest BCUT2D eigenvalue weighted by molar-refractivity contribution is 0.651. The Bertz CT molecular complexity index is 39.3. The third kappa shape index (κ3) is 1.90. The largest absolute Gasteiger partial charge is 0.344 e. The van der Waals surface area contributed by atoms with E-state index in [1.807, 2.05) is 0 Å². The number of nitrogens with one attached hydrogen (secondary N) is 1. The fourth-order valence-electron chi connectivity index (χ4n) is 0.799. The van der Waals surface area contributed by atoms with Crippen molar-refractivity contribution < 1.29 is 0 Å². The van der Waals surface area contributed by atoms with Crippen molar-refractivity contribution in [3.63, 3.8) is 0 Å². The summed E-state index contributed by atoms with van der Waals surface area (Å²) in [4.78, 5) is 0. The summed E-state index contributed by atoms with van der Waals surface area (Å²) in [5.74, 6) is 0.935. The summed E-state index contributed by atoms with van der Waals surface area (Å²) in [6.45, 7) is 4.75. The SMILES string of the molecule is CC1CCNC1.N. The fourth-order valence-corrected chi connectivity index (χ4v) is 0.799. The molecule has 0 saturated carbocycles. The highest BCUT2D eigenvalue weighted by Crippen LogP contribution is 2.03. The Morgan fingerprint density at radius 2 is 2.29 bits per heavy atom. The molecule has 1 atom stereocenters. The fraction of sp³-hybridized carbons (Fsp3) is 1.00. The Hall–Kier alpha value is -0.0800. The van der Waals surface area contributed by atoms with E-state index in [4.69, 9.17) is 0 Å². The molecule has 0 aromatic carbocycles. The molecule has 44 valence electrons. The molecule has 2 heteroatoms. The number of hydrogen-bond donors (Lipinski definition) is 2. The van der Waals surface area contributed by atoms with E-state index in [1.54, 1.807) is 0 Å². The Morgan fingerprint density at radius 3 is 2.43 bits per heavy atom. The molecule has 4 N–H and O–H groups in total. The zero-order valence-electron chi connectivity index (χ0n) is 4.91. The van der Waals surface area contributed by atoms with Crippen LogP contribution in [0.2, 0.25) is 0 Å². The van der Waals surface area contributed by atoms with Crippen LogP contribution in [0.3, 0.4) is 0 Å². The van der Waals surface area contributed by atoms with Crippen molar-refractivity contribution >= 4 is 0 Å². The minimum Gasteiger partial charge on any atom is -0.344 e. The van der Waals surface area contributed by atoms with Gasteiger partial charge in [0.05, 0.1) is 0 Å². The Kier molecular flexibility index (Phi) is 2.96. The van der Waals surface area contributed by atoms with Crippen molar-refractivity contribution in [2.24, 2.45) is 5.92 Å². The lowest BCUT2D eigenvalue weighted by atomic mass is 10.2. The first-order chi connectivity index (χ1) is 2.89. The van der Waals surface area contributed by atoms with Crippen molar-refractivity contribution in [2.45, 2.75) is 13.3 Å². The lowest BCUT2D eigenvalue weighted by Gasteiger charge is -1.90. The van der Waals surface area contributed by atoms with Gasteiger partial charge in [0.25, 0.3) is 0 Å². The molecule has 0 radical (unpaired) electrons. The summed E-state index contributed by atoms with van der Waals surface area (Å²) in [7, 11) is 0. The van der Waals surface area contributed by atoms with Crippen LogP contribution in [0.1, 0.15) is 13.3 Å². The summed E-state index contributed by atoms with van der Waals surface area (Å²) in [6, 6.07) is 0. The van der Waals surface area contributed by atoms with Crippen LogP contribution in [0.25, 0.3) is 0 Å². The second kappa shape index (κ2) is 2.99. The average molecular weight is 102 g/mol. The second-order valence-electron chi connectivity index (χ2n) is 2.10. The molecule has 0 aromatic heterocycles. The van der Waals surface area contributed by atoms with E-state index in [-0.39, 0.29) is 6.15 Å². The minimum absolute atomic E-state index is 0. The average Bonchev–Trinajstić information content (AvgIpc) is 1.86. The van der Waals surface area contributed by atoms with Gasteiger partial charge >= 0.3 is 0 Å². The molecule has 1 unspecified atom stereocenters. The van der Waals surface area contributed by atoms with Gasteiger partial charge in [-0.05, 0) is 25.4 Å². The topological polar surface area (TPSA) is 47.0 Å². The molecule has 0 aliphatic carbocycles. The van der Waals surface area contributed by atoms with Gasteiger partial charge in [0.15, 0.2) is 0 Å². The van der Waals surface area contributed by atoms with Gasteiger partial charge in [0.2, 0.25) is 0 Å². The summed E-state index contributed by atoms with van der Waals surface area (Å²) >= 11 is 0. The molecule has 1 saturated heterocycles. The number of hydrogen-bond acceptors (Lipinski definition) is 2. The standard InChI is InChI=1S/C5H11N.H3N/c1-5-2-3-6-4-5;/h5-6H,2-4H2,1H3;1H3. The third-order valence-electron chi connectivity index (χ3n) is 1.31. The second-order valence-corrected chi connectivity index (χ2v) is 2.10. The minimum atomic E-state index is 0. The maximum absolute atomic E-state index is 3.27. The molecule has 1 aliphatic rings. The Morgan fingerprint density at radius 1 is 1.57 bits per heavy atom. The van der Waals surface area contributed by atoms with Crippen LogP contribution >= 0.6 is 0 Å². The highest BCUT2D eigenvalue weighted by atomic mass is 14.9. The van der Waals surface area contributed by atoms with Gasteiger partial charge < -0.3 is 11.5 Å². The van der Waals surface area contributed by atoms with E-state index in [0.29, 0.717) is 0 Å². The molecule has 1 rings (SSSR count). The quantitative estimate of drug-likeness (QED) is 0.474. The highest BCUT2D eigenvalue weighted by Gasteiger charge is 2.06. The van der Waals surface area contributed by atoms with Gasteiger partial charge in [-0.1, -0.05) is 6.92 Å². The van der Waals surface area contributed by atoms with E-state index >= 15 is 0 Å². The molecule has 0 bridgehead atoms. The van der Waals surface area contributed by atoms with Gasteiger partial charge in [-0.15, -0.1) is 0 Å². The first-order valence-electron chi connectivity index (χ1n) is 2.60. The van der Waals surface area contributed by atoms with Crippen LogP contribution in [0.4, 0.5) is 0 Å². The van der Waals surface area contributed by atoms with Crippen LogP contribution in [-0.4, -0.2) is 13.1 Å². The van der Waals surface area contributed by atoms with Crippen molar-refractivity contribution in [1.29, 1.82) is 0 Å². The van der Waals surface area contributed by atoms with E-state index in [1.165, 1.54) is 19.5 Å². The predicted octanol–water partition coefficient (Wildman–Crippen LogP) is 0.778. The van der Waals surface area contributed by atoms with Crippen LogP contribution in [0.5, 0.6) is 0 Å². The molecular formula is C5H14N2.